The minimum atomic E-state index is -0.306. The molecule has 2 amide bonds. The zero-order valence-corrected chi connectivity index (χ0v) is 13.8. The fourth-order valence-electron chi connectivity index (χ4n) is 1.74. The van der Waals surface area contributed by atoms with Gasteiger partial charge in [0.2, 0.25) is 11.8 Å². The second-order valence-electron chi connectivity index (χ2n) is 4.81. The predicted molar refractivity (Wildman–Crippen MR) is 85.0 cm³/mol. The molecule has 0 spiro atoms. The van der Waals surface area contributed by atoms with Crippen molar-refractivity contribution in [3.8, 4) is 0 Å². The molecule has 0 unspecified atom stereocenters. The average Bonchev–Trinajstić information content (AvgIpc) is 2.43. The summed E-state index contributed by atoms with van der Waals surface area (Å²) in [6, 6.07) is 4.39. The Hall–Kier alpha value is -1.43. The van der Waals surface area contributed by atoms with Gasteiger partial charge in [-0.3, -0.25) is 9.59 Å². The maximum atomic E-state index is 13.1. The summed E-state index contributed by atoms with van der Waals surface area (Å²) < 4.78 is 13.1. The Kier molecular flexibility index (Phi) is 7.36. The van der Waals surface area contributed by atoms with Crippen molar-refractivity contribution in [2.75, 3.05) is 11.9 Å². The van der Waals surface area contributed by atoms with Crippen molar-refractivity contribution in [3.63, 3.8) is 0 Å². The van der Waals surface area contributed by atoms with Crippen molar-refractivity contribution in [1.29, 1.82) is 0 Å². The van der Waals surface area contributed by atoms with Gasteiger partial charge in [0.15, 0.2) is 0 Å². The summed E-state index contributed by atoms with van der Waals surface area (Å²) in [5, 5.41) is 5.37. The number of benzene rings is 1. The topological polar surface area (TPSA) is 58.2 Å². The molecule has 1 atom stereocenters. The standard InChI is InChI=1S/C15H20BrFN2O2/c1-3-4-12(16)15(21)18-8-7-14(20)19-11-5-6-13(17)10(2)9-11/h5-6,9,12H,3-4,7-8H2,1-2H3,(H,18,21)(H,19,20)/t12-/m0/s1. The highest BCUT2D eigenvalue weighted by Crippen LogP contribution is 2.13. The normalized spacial score (nSPS) is 11.8. The van der Waals surface area contributed by atoms with Gasteiger partial charge in [-0.2, -0.15) is 0 Å². The molecule has 0 saturated heterocycles. The molecule has 0 saturated carbocycles. The van der Waals surface area contributed by atoms with E-state index in [1.807, 2.05) is 6.92 Å². The number of carbonyl (C=O) groups excluding carboxylic acids is 2. The van der Waals surface area contributed by atoms with E-state index in [2.05, 4.69) is 26.6 Å². The van der Waals surface area contributed by atoms with Crippen LogP contribution in [0.2, 0.25) is 0 Å². The molecule has 0 bridgehead atoms. The van der Waals surface area contributed by atoms with Crippen molar-refractivity contribution in [3.05, 3.63) is 29.6 Å². The molecule has 2 N–H and O–H groups in total. The van der Waals surface area contributed by atoms with Crippen LogP contribution >= 0.6 is 15.9 Å². The summed E-state index contributed by atoms with van der Waals surface area (Å²) in [5.41, 5.74) is 1.03. The predicted octanol–water partition coefficient (Wildman–Crippen LogP) is 3.14. The second kappa shape index (κ2) is 8.77. The number of anilines is 1. The third-order valence-corrected chi connectivity index (χ3v) is 3.79. The summed E-state index contributed by atoms with van der Waals surface area (Å²) in [4.78, 5) is 23.1. The van der Waals surface area contributed by atoms with E-state index < -0.39 is 0 Å². The largest absolute Gasteiger partial charge is 0.355 e. The number of nitrogens with one attached hydrogen (secondary N) is 2. The maximum absolute atomic E-state index is 13.1. The third-order valence-electron chi connectivity index (χ3n) is 2.92. The summed E-state index contributed by atoms with van der Waals surface area (Å²) in [6.07, 6.45) is 1.84. The smallest absolute Gasteiger partial charge is 0.233 e. The molecule has 0 aliphatic rings. The molecule has 0 heterocycles. The summed E-state index contributed by atoms with van der Waals surface area (Å²) in [5.74, 6) is -0.634. The van der Waals surface area contributed by atoms with Gasteiger partial charge >= 0.3 is 0 Å². The Balaban J connectivity index is 2.34. The van der Waals surface area contributed by atoms with Crippen LogP contribution in [-0.2, 0) is 9.59 Å². The van der Waals surface area contributed by atoms with Crippen molar-refractivity contribution < 1.29 is 14.0 Å². The van der Waals surface area contributed by atoms with Gasteiger partial charge in [0.1, 0.15) is 5.82 Å². The number of aryl methyl sites for hydroxylation is 1. The zero-order valence-electron chi connectivity index (χ0n) is 12.2. The Morgan fingerprint density at radius 2 is 2.10 bits per heavy atom. The molecular weight excluding hydrogens is 339 g/mol. The van der Waals surface area contributed by atoms with E-state index in [0.717, 1.165) is 12.8 Å². The Morgan fingerprint density at radius 1 is 1.38 bits per heavy atom. The quantitative estimate of drug-likeness (QED) is 0.735. The fraction of sp³-hybridized carbons (Fsp3) is 0.467. The van der Waals surface area contributed by atoms with Crippen molar-refractivity contribution >= 4 is 33.4 Å². The monoisotopic (exact) mass is 358 g/mol. The minimum Gasteiger partial charge on any atom is -0.355 e. The van der Waals surface area contributed by atoms with E-state index >= 15 is 0 Å². The first-order valence-corrected chi connectivity index (χ1v) is 7.83. The molecule has 1 aromatic rings. The van der Waals surface area contributed by atoms with Crippen LogP contribution in [0, 0.1) is 12.7 Å². The van der Waals surface area contributed by atoms with Crippen LogP contribution in [0.15, 0.2) is 18.2 Å². The lowest BCUT2D eigenvalue weighted by Crippen LogP contribution is -2.33. The van der Waals surface area contributed by atoms with E-state index in [4.69, 9.17) is 0 Å². The maximum Gasteiger partial charge on any atom is 0.233 e. The van der Waals surface area contributed by atoms with Crippen LogP contribution in [-0.4, -0.2) is 23.2 Å². The zero-order chi connectivity index (χ0) is 15.8. The van der Waals surface area contributed by atoms with Crippen LogP contribution in [0.5, 0.6) is 0 Å². The second-order valence-corrected chi connectivity index (χ2v) is 5.91. The van der Waals surface area contributed by atoms with Gasteiger partial charge in [-0.05, 0) is 37.1 Å². The number of halogens is 2. The molecule has 6 heteroatoms. The van der Waals surface area contributed by atoms with Crippen LogP contribution in [0.3, 0.4) is 0 Å². The molecule has 0 radical (unpaired) electrons. The highest BCUT2D eigenvalue weighted by molar-refractivity contribution is 9.10. The molecule has 116 valence electrons. The van der Waals surface area contributed by atoms with E-state index in [1.165, 1.54) is 12.1 Å². The third kappa shape index (κ3) is 6.25. The van der Waals surface area contributed by atoms with Gasteiger partial charge in [-0.25, -0.2) is 4.39 Å². The van der Waals surface area contributed by atoms with Gasteiger partial charge in [-0.1, -0.05) is 29.3 Å². The van der Waals surface area contributed by atoms with Crippen molar-refractivity contribution in [2.24, 2.45) is 0 Å². The number of carbonyl (C=O) groups is 2. The molecule has 4 nitrogen and oxygen atoms in total. The molecule has 0 aliphatic carbocycles. The van der Waals surface area contributed by atoms with Gasteiger partial charge < -0.3 is 10.6 Å². The van der Waals surface area contributed by atoms with Crippen molar-refractivity contribution in [2.45, 2.75) is 37.9 Å². The van der Waals surface area contributed by atoms with Gasteiger partial charge in [0, 0.05) is 18.7 Å². The molecule has 21 heavy (non-hydrogen) atoms. The molecule has 0 aromatic heterocycles. The van der Waals surface area contributed by atoms with Crippen LogP contribution in [0.4, 0.5) is 10.1 Å². The van der Waals surface area contributed by atoms with Crippen LogP contribution in [0.1, 0.15) is 31.7 Å². The van der Waals surface area contributed by atoms with E-state index in [1.54, 1.807) is 13.0 Å². The molecule has 0 fully saturated rings. The van der Waals surface area contributed by atoms with Gasteiger partial charge in [0.25, 0.3) is 0 Å². The molecule has 1 rings (SSSR count). The Labute approximate surface area is 132 Å². The van der Waals surface area contributed by atoms with Gasteiger partial charge in [0.05, 0.1) is 4.83 Å². The molecular formula is C15H20BrFN2O2. The van der Waals surface area contributed by atoms with E-state index in [0.29, 0.717) is 11.3 Å². The van der Waals surface area contributed by atoms with Gasteiger partial charge in [-0.15, -0.1) is 0 Å². The number of amides is 2. The summed E-state index contributed by atoms with van der Waals surface area (Å²) in [7, 11) is 0. The Bertz CT molecular complexity index is 508. The number of alkyl halides is 1. The number of rotatable bonds is 7. The first kappa shape index (κ1) is 17.6. The van der Waals surface area contributed by atoms with Crippen LogP contribution < -0.4 is 10.6 Å². The highest BCUT2D eigenvalue weighted by Gasteiger charge is 2.13. The summed E-state index contributed by atoms with van der Waals surface area (Å²) >= 11 is 3.29. The number of hydrogen-bond donors (Lipinski definition) is 2. The average molecular weight is 359 g/mol. The van der Waals surface area contributed by atoms with E-state index in [-0.39, 0.29) is 35.4 Å². The number of hydrogen-bond acceptors (Lipinski definition) is 2. The minimum absolute atomic E-state index is 0.109. The van der Waals surface area contributed by atoms with Crippen LogP contribution in [0.25, 0.3) is 0 Å². The summed E-state index contributed by atoms with van der Waals surface area (Å²) in [6.45, 7) is 3.91. The lowest BCUT2D eigenvalue weighted by molar-refractivity contribution is -0.120. The SMILES string of the molecule is CCC[C@H](Br)C(=O)NCCC(=O)Nc1ccc(F)c(C)c1. The first-order valence-electron chi connectivity index (χ1n) is 6.91. The first-order chi connectivity index (χ1) is 9.93. The molecule has 0 aliphatic heterocycles. The lowest BCUT2D eigenvalue weighted by atomic mass is 10.2. The fourth-order valence-corrected chi connectivity index (χ4v) is 2.36. The lowest BCUT2D eigenvalue weighted by Gasteiger charge is -2.10. The Morgan fingerprint density at radius 3 is 2.71 bits per heavy atom. The molecule has 1 aromatic carbocycles. The van der Waals surface area contributed by atoms with E-state index in [9.17, 15) is 14.0 Å². The van der Waals surface area contributed by atoms with Crippen molar-refractivity contribution in [1.82, 2.24) is 5.32 Å². The highest BCUT2D eigenvalue weighted by atomic mass is 79.9.